The van der Waals surface area contributed by atoms with E-state index in [1.54, 1.807) is 12.1 Å². The molecule has 0 saturated heterocycles. The predicted molar refractivity (Wildman–Crippen MR) is 89.6 cm³/mol. The van der Waals surface area contributed by atoms with Crippen LogP contribution in [0.1, 0.15) is 17.5 Å². The molecule has 8 heteroatoms. The number of amides is 2. The molecule has 1 heterocycles. The maximum Gasteiger partial charge on any atom is 0.416 e. The van der Waals surface area contributed by atoms with Crippen molar-refractivity contribution in [2.24, 2.45) is 5.73 Å². The largest absolute Gasteiger partial charge is 0.416 e. The zero-order valence-corrected chi connectivity index (χ0v) is 13.2. The summed E-state index contributed by atoms with van der Waals surface area (Å²) in [5.41, 5.74) is 7.36. The van der Waals surface area contributed by atoms with Crippen LogP contribution in [-0.2, 0) is 12.6 Å². The van der Waals surface area contributed by atoms with Crippen molar-refractivity contribution in [1.82, 2.24) is 5.32 Å². The highest BCUT2D eigenvalue weighted by atomic mass is 19.4. The Balaban J connectivity index is 1.75. The lowest BCUT2D eigenvalue weighted by Crippen LogP contribution is -2.45. The number of alkyl halides is 3. The van der Waals surface area contributed by atoms with Gasteiger partial charge in [0.1, 0.15) is 6.17 Å². The molecule has 0 bridgehead atoms. The van der Waals surface area contributed by atoms with Gasteiger partial charge < -0.3 is 21.7 Å². The Labute approximate surface area is 142 Å². The second kappa shape index (κ2) is 6.54. The van der Waals surface area contributed by atoms with Crippen molar-refractivity contribution in [1.29, 1.82) is 0 Å². The highest BCUT2D eigenvalue weighted by Crippen LogP contribution is 2.32. The number of fused-ring (bicyclic) bond motifs is 1. The average molecular weight is 350 g/mol. The molecular formula is C17H17F3N4O. The summed E-state index contributed by atoms with van der Waals surface area (Å²) in [6, 6.07) is 9.93. The Bertz CT molecular complexity index is 792. The van der Waals surface area contributed by atoms with Crippen molar-refractivity contribution in [3.05, 3.63) is 53.6 Å². The lowest BCUT2D eigenvalue weighted by Gasteiger charge is -2.27. The molecule has 132 valence electrons. The highest BCUT2D eigenvalue weighted by Gasteiger charge is 2.30. The van der Waals surface area contributed by atoms with E-state index in [1.807, 2.05) is 12.1 Å². The van der Waals surface area contributed by atoms with E-state index in [1.165, 1.54) is 6.07 Å². The highest BCUT2D eigenvalue weighted by molar-refractivity contribution is 5.73. The Hall–Kier alpha value is -2.90. The van der Waals surface area contributed by atoms with Crippen LogP contribution in [0, 0.1) is 0 Å². The Kier molecular flexibility index (Phi) is 4.43. The third kappa shape index (κ3) is 4.14. The van der Waals surface area contributed by atoms with Crippen molar-refractivity contribution in [3.8, 4) is 0 Å². The summed E-state index contributed by atoms with van der Waals surface area (Å²) in [6.45, 7) is 0. The number of primary amides is 1. The summed E-state index contributed by atoms with van der Waals surface area (Å²) in [4.78, 5) is 10.9. The number of hydrogen-bond donors (Lipinski definition) is 4. The molecule has 0 fully saturated rings. The molecule has 5 nitrogen and oxygen atoms in total. The molecule has 0 spiro atoms. The fourth-order valence-corrected chi connectivity index (χ4v) is 2.80. The van der Waals surface area contributed by atoms with E-state index in [-0.39, 0.29) is 6.17 Å². The number of carbonyl (C=O) groups excluding carboxylic acids is 1. The quantitative estimate of drug-likeness (QED) is 0.680. The van der Waals surface area contributed by atoms with E-state index < -0.39 is 17.8 Å². The van der Waals surface area contributed by atoms with Crippen LogP contribution in [0.15, 0.2) is 42.5 Å². The minimum atomic E-state index is -4.38. The van der Waals surface area contributed by atoms with Crippen molar-refractivity contribution >= 4 is 23.1 Å². The summed E-state index contributed by atoms with van der Waals surface area (Å²) in [5, 5.41) is 8.76. The van der Waals surface area contributed by atoms with Gasteiger partial charge in [0.05, 0.1) is 5.56 Å². The zero-order valence-electron chi connectivity index (χ0n) is 13.2. The van der Waals surface area contributed by atoms with Gasteiger partial charge >= 0.3 is 12.2 Å². The van der Waals surface area contributed by atoms with Gasteiger partial charge in [0, 0.05) is 17.1 Å². The Morgan fingerprint density at radius 1 is 1.16 bits per heavy atom. The number of urea groups is 1. The molecule has 0 aromatic heterocycles. The van der Waals surface area contributed by atoms with Crippen LogP contribution in [0.4, 0.5) is 35.0 Å². The number of benzene rings is 2. The van der Waals surface area contributed by atoms with Gasteiger partial charge in [-0.15, -0.1) is 0 Å². The lowest BCUT2D eigenvalue weighted by molar-refractivity contribution is -0.137. The fraction of sp³-hybridized carbons (Fsp3) is 0.235. The molecule has 1 unspecified atom stereocenters. The smallest absolute Gasteiger partial charge is 0.365 e. The zero-order chi connectivity index (χ0) is 18.0. The lowest BCUT2D eigenvalue weighted by atomic mass is 10.0. The molecule has 1 aliphatic heterocycles. The molecule has 25 heavy (non-hydrogen) atoms. The molecule has 0 radical (unpaired) electrons. The summed E-state index contributed by atoms with van der Waals surface area (Å²) >= 11 is 0. The van der Waals surface area contributed by atoms with Crippen molar-refractivity contribution < 1.29 is 18.0 Å². The number of nitrogens with one attached hydrogen (secondary N) is 3. The van der Waals surface area contributed by atoms with Crippen molar-refractivity contribution in [2.45, 2.75) is 25.2 Å². The van der Waals surface area contributed by atoms with E-state index in [2.05, 4.69) is 16.0 Å². The van der Waals surface area contributed by atoms with Gasteiger partial charge in [0.2, 0.25) is 0 Å². The molecule has 1 atom stereocenters. The van der Waals surface area contributed by atoms with Crippen LogP contribution in [0.25, 0.3) is 0 Å². The molecule has 3 rings (SSSR count). The second-order valence-electron chi connectivity index (χ2n) is 5.82. The summed E-state index contributed by atoms with van der Waals surface area (Å²) in [5.74, 6) is 0. The summed E-state index contributed by atoms with van der Waals surface area (Å²) in [7, 11) is 0. The molecule has 2 aromatic rings. The monoisotopic (exact) mass is 350 g/mol. The Morgan fingerprint density at radius 3 is 2.64 bits per heavy atom. The van der Waals surface area contributed by atoms with E-state index in [0.29, 0.717) is 24.2 Å². The van der Waals surface area contributed by atoms with E-state index in [0.717, 1.165) is 23.4 Å². The standard InChI is InChI=1S/C17H17F3N4O/c18-17(19,20)11-2-1-3-12(9-11)22-13-5-6-14-10(8-13)4-7-15(23-14)24-16(21)25/h1-3,5-6,8-9,15,22-23H,4,7H2,(H3,21,24,25). The van der Waals surface area contributed by atoms with Crippen LogP contribution in [0.5, 0.6) is 0 Å². The number of nitrogens with two attached hydrogens (primary N) is 1. The first-order chi connectivity index (χ1) is 11.8. The maximum absolute atomic E-state index is 12.8. The van der Waals surface area contributed by atoms with Crippen LogP contribution >= 0.6 is 0 Å². The third-order valence-electron chi connectivity index (χ3n) is 3.93. The van der Waals surface area contributed by atoms with Crippen molar-refractivity contribution in [2.75, 3.05) is 10.6 Å². The Morgan fingerprint density at radius 2 is 1.92 bits per heavy atom. The SMILES string of the molecule is NC(=O)NC1CCc2cc(Nc3cccc(C(F)(F)F)c3)ccc2N1. The van der Waals surface area contributed by atoms with E-state index in [9.17, 15) is 18.0 Å². The van der Waals surface area contributed by atoms with Gasteiger partial charge in [-0.2, -0.15) is 13.2 Å². The maximum atomic E-state index is 12.8. The van der Waals surface area contributed by atoms with Crippen LogP contribution in [-0.4, -0.2) is 12.2 Å². The molecule has 1 aliphatic rings. The molecule has 5 N–H and O–H groups in total. The molecule has 2 aromatic carbocycles. The molecule has 0 saturated carbocycles. The second-order valence-corrected chi connectivity index (χ2v) is 5.82. The third-order valence-corrected chi connectivity index (χ3v) is 3.93. The van der Waals surface area contributed by atoms with Gasteiger partial charge in [0.25, 0.3) is 0 Å². The first kappa shape index (κ1) is 16.9. The number of hydrogen-bond acceptors (Lipinski definition) is 3. The number of carbonyl (C=O) groups is 1. The summed E-state index contributed by atoms with van der Waals surface area (Å²) in [6.07, 6.45) is -3.22. The number of anilines is 3. The van der Waals surface area contributed by atoms with Crippen LogP contribution in [0.3, 0.4) is 0 Å². The first-order valence-corrected chi connectivity index (χ1v) is 7.71. The van der Waals surface area contributed by atoms with Gasteiger partial charge in [-0.1, -0.05) is 6.07 Å². The summed E-state index contributed by atoms with van der Waals surface area (Å²) < 4.78 is 38.4. The molecule has 0 aliphatic carbocycles. The van der Waals surface area contributed by atoms with E-state index in [4.69, 9.17) is 5.73 Å². The van der Waals surface area contributed by atoms with Gasteiger partial charge in [-0.05, 0) is 54.8 Å². The van der Waals surface area contributed by atoms with Gasteiger partial charge in [-0.3, -0.25) is 0 Å². The minimum Gasteiger partial charge on any atom is -0.365 e. The fourth-order valence-electron chi connectivity index (χ4n) is 2.80. The average Bonchev–Trinajstić information content (AvgIpc) is 2.54. The predicted octanol–water partition coefficient (Wildman–Crippen LogP) is 3.80. The molecular weight excluding hydrogens is 333 g/mol. The number of rotatable bonds is 3. The minimum absolute atomic E-state index is 0.229. The van der Waals surface area contributed by atoms with Crippen LogP contribution in [0.2, 0.25) is 0 Å². The normalized spacial score (nSPS) is 16.5. The first-order valence-electron chi connectivity index (χ1n) is 7.71. The number of halogens is 3. The van der Waals surface area contributed by atoms with E-state index >= 15 is 0 Å². The van der Waals surface area contributed by atoms with Gasteiger partial charge in [0.15, 0.2) is 0 Å². The topological polar surface area (TPSA) is 79.2 Å². The van der Waals surface area contributed by atoms with Crippen molar-refractivity contribution in [3.63, 3.8) is 0 Å². The van der Waals surface area contributed by atoms with Gasteiger partial charge in [-0.25, -0.2) is 4.79 Å². The number of aryl methyl sites for hydroxylation is 1. The molecule has 2 amide bonds. The van der Waals surface area contributed by atoms with Crippen LogP contribution < -0.4 is 21.7 Å².